The zero-order chi connectivity index (χ0) is 16.7. The highest BCUT2D eigenvalue weighted by atomic mass is 16.3. The van der Waals surface area contributed by atoms with Gasteiger partial charge in [-0.15, -0.1) is 0 Å². The molecule has 3 N–H and O–H groups in total. The molecule has 6 heteroatoms. The van der Waals surface area contributed by atoms with Crippen molar-refractivity contribution in [2.75, 3.05) is 5.32 Å². The van der Waals surface area contributed by atoms with E-state index >= 15 is 0 Å². The molecule has 0 saturated carbocycles. The van der Waals surface area contributed by atoms with Crippen LogP contribution in [0.5, 0.6) is 0 Å². The van der Waals surface area contributed by atoms with Crippen LogP contribution in [0.3, 0.4) is 0 Å². The molecule has 23 heavy (non-hydrogen) atoms. The number of carbonyl (C=O) groups excluding carboxylic acids is 1. The van der Waals surface area contributed by atoms with Gasteiger partial charge < -0.3 is 15.7 Å². The van der Waals surface area contributed by atoms with Crippen LogP contribution in [0.1, 0.15) is 38.4 Å². The molecule has 0 radical (unpaired) electrons. The van der Waals surface area contributed by atoms with E-state index < -0.39 is 6.10 Å². The predicted molar refractivity (Wildman–Crippen MR) is 90.2 cm³/mol. The lowest BCUT2D eigenvalue weighted by Gasteiger charge is -2.18. The number of hydrogen-bond acceptors (Lipinski definition) is 3. The summed E-state index contributed by atoms with van der Waals surface area (Å²) in [5, 5.41) is 19.9. The third kappa shape index (κ3) is 5.41. The molecule has 2 rings (SSSR count). The topological polar surface area (TPSA) is 79.2 Å². The zero-order valence-electron chi connectivity index (χ0n) is 13.6. The Bertz CT molecular complexity index is 612. The molecular weight excluding hydrogens is 292 g/mol. The van der Waals surface area contributed by atoms with Gasteiger partial charge in [-0.2, -0.15) is 5.10 Å². The number of nitrogens with one attached hydrogen (secondary N) is 2. The lowest BCUT2D eigenvalue weighted by molar-refractivity contribution is 0.155. The van der Waals surface area contributed by atoms with E-state index in [0.29, 0.717) is 12.1 Å². The Labute approximate surface area is 136 Å². The molecule has 2 aromatic rings. The Balaban J connectivity index is 1.79. The molecule has 0 spiro atoms. The number of rotatable bonds is 7. The minimum absolute atomic E-state index is 0.157. The largest absolute Gasteiger partial charge is 0.388 e. The van der Waals surface area contributed by atoms with Crippen molar-refractivity contribution in [3.63, 3.8) is 0 Å². The van der Waals surface area contributed by atoms with E-state index in [1.54, 1.807) is 17.1 Å². The fourth-order valence-electron chi connectivity index (χ4n) is 2.38. The van der Waals surface area contributed by atoms with E-state index in [9.17, 15) is 9.90 Å². The van der Waals surface area contributed by atoms with Crippen LogP contribution >= 0.6 is 0 Å². The molecule has 0 aliphatic rings. The van der Waals surface area contributed by atoms with Crippen molar-refractivity contribution in [3.8, 4) is 0 Å². The maximum atomic E-state index is 12.0. The van der Waals surface area contributed by atoms with Gasteiger partial charge in [-0.25, -0.2) is 4.79 Å². The lowest BCUT2D eigenvalue weighted by atomic mass is 10.0. The average molecular weight is 316 g/mol. The number of urea groups is 1. The third-order valence-corrected chi connectivity index (χ3v) is 3.48. The van der Waals surface area contributed by atoms with Gasteiger partial charge in [0, 0.05) is 18.8 Å². The van der Waals surface area contributed by atoms with Gasteiger partial charge in [0.25, 0.3) is 0 Å². The quantitative estimate of drug-likeness (QED) is 0.735. The molecule has 0 aliphatic carbocycles. The Morgan fingerprint density at radius 2 is 2.09 bits per heavy atom. The first-order valence-electron chi connectivity index (χ1n) is 7.91. The smallest absolute Gasteiger partial charge is 0.319 e. The predicted octanol–water partition coefficient (Wildman–Crippen LogP) is 2.93. The van der Waals surface area contributed by atoms with Crippen molar-refractivity contribution in [1.82, 2.24) is 15.1 Å². The summed E-state index contributed by atoms with van der Waals surface area (Å²) >= 11 is 0. The summed E-state index contributed by atoms with van der Waals surface area (Å²) in [7, 11) is 0. The van der Waals surface area contributed by atoms with Gasteiger partial charge in [-0.3, -0.25) is 4.68 Å². The van der Waals surface area contributed by atoms with Crippen LogP contribution in [0.2, 0.25) is 0 Å². The van der Waals surface area contributed by atoms with Gasteiger partial charge in [0.2, 0.25) is 0 Å². The highest BCUT2D eigenvalue weighted by molar-refractivity contribution is 5.89. The summed E-state index contributed by atoms with van der Waals surface area (Å²) in [4.78, 5) is 12.0. The fraction of sp³-hybridized carbons (Fsp3) is 0.412. The molecule has 2 atom stereocenters. The second-order valence-corrected chi connectivity index (χ2v) is 5.65. The van der Waals surface area contributed by atoms with Crippen molar-refractivity contribution in [2.45, 2.75) is 45.4 Å². The molecule has 124 valence electrons. The van der Waals surface area contributed by atoms with Crippen LogP contribution in [0.25, 0.3) is 0 Å². The number of nitrogens with zero attached hydrogens (tertiary/aromatic N) is 2. The fourth-order valence-corrected chi connectivity index (χ4v) is 2.38. The normalized spacial score (nSPS) is 13.3. The number of amides is 2. The minimum atomic E-state index is -0.598. The summed E-state index contributed by atoms with van der Waals surface area (Å²) in [6, 6.07) is 8.97. The first kappa shape index (κ1) is 17.0. The van der Waals surface area contributed by atoms with Crippen LogP contribution in [0.4, 0.5) is 10.5 Å². The molecule has 6 nitrogen and oxygen atoms in total. The molecule has 1 aromatic heterocycles. The highest BCUT2D eigenvalue weighted by Gasteiger charge is 2.14. The first-order chi connectivity index (χ1) is 11.1. The van der Waals surface area contributed by atoms with Gasteiger partial charge in [-0.1, -0.05) is 37.3 Å². The average Bonchev–Trinajstić information content (AvgIpc) is 2.95. The first-order valence-corrected chi connectivity index (χ1v) is 7.91. The Morgan fingerprint density at radius 3 is 2.78 bits per heavy atom. The Morgan fingerprint density at radius 1 is 1.35 bits per heavy atom. The van der Waals surface area contributed by atoms with Gasteiger partial charge in [0.05, 0.1) is 18.0 Å². The van der Waals surface area contributed by atoms with Crippen molar-refractivity contribution in [2.24, 2.45) is 0 Å². The number of anilines is 1. The van der Waals surface area contributed by atoms with E-state index in [2.05, 4.69) is 22.7 Å². The molecule has 1 heterocycles. The van der Waals surface area contributed by atoms with Crippen molar-refractivity contribution in [3.05, 3.63) is 48.3 Å². The van der Waals surface area contributed by atoms with E-state index in [1.807, 2.05) is 37.3 Å². The SMILES string of the molecule is CCCn1cc(NC(=O)NC(C)CC(O)c2ccccc2)cn1. The third-order valence-electron chi connectivity index (χ3n) is 3.48. The van der Waals surface area contributed by atoms with Crippen molar-refractivity contribution < 1.29 is 9.90 Å². The van der Waals surface area contributed by atoms with E-state index in [1.165, 1.54) is 0 Å². The molecule has 1 aromatic carbocycles. The van der Waals surface area contributed by atoms with E-state index in [0.717, 1.165) is 18.5 Å². The van der Waals surface area contributed by atoms with Crippen molar-refractivity contribution in [1.29, 1.82) is 0 Å². The Hall–Kier alpha value is -2.34. The molecular formula is C17H24N4O2. The maximum Gasteiger partial charge on any atom is 0.319 e. The number of hydrogen-bond donors (Lipinski definition) is 3. The number of aliphatic hydroxyl groups excluding tert-OH is 1. The summed E-state index contributed by atoms with van der Waals surface area (Å²) in [5.41, 5.74) is 1.51. The van der Waals surface area contributed by atoms with E-state index in [4.69, 9.17) is 0 Å². The zero-order valence-corrected chi connectivity index (χ0v) is 13.6. The number of aliphatic hydroxyl groups is 1. The molecule has 2 unspecified atom stereocenters. The van der Waals surface area contributed by atoms with E-state index in [-0.39, 0.29) is 12.1 Å². The second kappa shape index (κ2) is 8.33. The van der Waals surface area contributed by atoms with Gasteiger partial charge >= 0.3 is 6.03 Å². The highest BCUT2D eigenvalue weighted by Crippen LogP contribution is 2.17. The number of aromatic nitrogens is 2. The summed E-state index contributed by atoms with van der Waals surface area (Å²) < 4.78 is 1.79. The minimum Gasteiger partial charge on any atom is -0.388 e. The summed E-state index contributed by atoms with van der Waals surface area (Å²) in [6.07, 6.45) is 4.26. The van der Waals surface area contributed by atoms with Gasteiger partial charge in [0.15, 0.2) is 0 Å². The number of carbonyl (C=O) groups is 1. The summed E-state index contributed by atoms with van der Waals surface area (Å²) in [6.45, 7) is 4.76. The molecule has 0 fully saturated rings. The maximum absolute atomic E-state index is 12.0. The van der Waals surface area contributed by atoms with Crippen LogP contribution in [-0.4, -0.2) is 27.0 Å². The monoisotopic (exact) mass is 316 g/mol. The molecule has 0 saturated heterocycles. The van der Waals surface area contributed by atoms with Crippen LogP contribution < -0.4 is 10.6 Å². The van der Waals surface area contributed by atoms with Crippen molar-refractivity contribution >= 4 is 11.7 Å². The second-order valence-electron chi connectivity index (χ2n) is 5.65. The molecule has 0 aliphatic heterocycles. The van der Waals surface area contributed by atoms with Crippen LogP contribution in [0, 0.1) is 0 Å². The number of benzene rings is 1. The van der Waals surface area contributed by atoms with Gasteiger partial charge in [0.1, 0.15) is 0 Å². The lowest BCUT2D eigenvalue weighted by Crippen LogP contribution is -2.36. The standard InChI is InChI=1S/C17H24N4O2/c1-3-9-21-12-15(11-18-21)20-17(23)19-13(2)10-16(22)14-7-5-4-6-8-14/h4-8,11-13,16,22H,3,9-10H2,1-2H3,(H2,19,20,23). The molecule has 2 amide bonds. The molecule has 0 bridgehead atoms. The Kier molecular flexibility index (Phi) is 6.17. The van der Waals surface area contributed by atoms with Crippen LogP contribution in [-0.2, 0) is 6.54 Å². The van der Waals surface area contributed by atoms with Gasteiger partial charge in [-0.05, 0) is 25.3 Å². The summed E-state index contributed by atoms with van der Waals surface area (Å²) in [5.74, 6) is 0. The number of aryl methyl sites for hydroxylation is 1. The van der Waals surface area contributed by atoms with Crippen LogP contribution in [0.15, 0.2) is 42.7 Å².